The van der Waals surface area contributed by atoms with Crippen molar-refractivity contribution >= 4 is 30.9 Å². The van der Waals surface area contributed by atoms with Gasteiger partial charge in [0, 0.05) is 13.1 Å². The average Bonchev–Trinajstić information content (AvgIpc) is 3.16. The van der Waals surface area contributed by atoms with E-state index in [4.69, 9.17) is 18.0 Å². The lowest BCUT2D eigenvalue weighted by Crippen LogP contribution is -2.62. The normalized spacial score (nSPS) is 25.1. The Morgan fingerprint density at radius 3 is 2.12 bits per heavy atom. The highest BCUT2D eigenvalue weighted by atomic mass is 28.4. The van der Waals surface area contributed by atoms with Gasteiger partial charge >= 0.3 is 5.97 Å². The second-order valence-corrected chi connectivity index (χ2v) is 26.2. The van der Waals surface area contributed by atoms with E-state index in [2.05, 4.69) is 69.9 Å². The summed E-state index contributed by atoms with van der Waals surface area (Å²) in [5, 5.41) is 0. The van der Waals surface area contributed by atoms with Crippen LogP contribution in [0, 0.1) is 5.92 Å². The monoisotopic (exact) mass is 515 g/mol. The van der Waals surface area contributed by atoms with Gasteiger partial charge < -0.3 is 18.0 Å². The Balaban J connectivity index is 2.23. The zero-order chi connectivity index (χ0) is 25.4. The quantitative estimate of drug-likeness (QED) is 0.213. The fourth-order valence-electron chi connectivity index (χ4n) is 5.08. The fraction of sp³-hybridized carbons (Fsp3) is 0.875. The Morgan fingerprint density at radius 1 is 1.03 bits per heavy atom. The number of hydrogen-bond donors (Lipinski definition) is 0. The summed E-state index contributed by atoms with van der Waals surface area (Å²) < 4.78 is 25.7. The van der Waals surface area contributed by atoms with Crippen molar-refractivity contribution in [2.24, 2.45) is 5.92 Å². The number of nitrogens with zero attached hydrogens (tertiary/aromatic N) is 1. The van der Waals surface area contributed by atoms with E-state index in [0.717, 1.165) is 25.1 Å². The van der Waals surface area contributed by atoms with Gasteiger partial charge in [0.15, 0.2) is 30.6 Å². The zero-order valence-corrected chi connectivity index (χ0v) is 26.2. The second kappa shape index (κ2) is 10.4. The Labute approximate surface area is 205 Å². The van der Waals surface area contributed by atoms with Crippen LogP contribution >= 0.6 is 0 Å². The van der Waals surface area contributed by atoms with E-state index in [-0.39, 0.29) is 36.7 Å². The van der Waals surface area contributed by atoms with Crippen molar-refractivity contribution in [3.05, 3.63) is 11.6 Å². The van der Waals surface area contributed by atoms with Gasteiger partial charge in [0.2, 0.25) is 0 Å². The topological polar surface area (TPSA) is 57.2 Å². The van der Waals surface area contributed by atoms with Gasteiger partial charge in [-0.15, -0.1) is 0 Å². The summed E-state index contributed by atoms with van der Waals surface area (Å²) in [7, 11) is -5.63. The summed E-state index contributed by atoms with van der Waals surface area (Å²) in [6.07, 6.45) is 3.06. The molecule has 0 amide bonds. The maximum atomic E-state index is 13.8. The summed E-state index contributed by atoms with van der Waals surface area (Å²) in [6.45, 7) is 27.8. The number of ether oxygens (including phenoxy) is 1. The molecule has 0 saturated carbocycles. The van der Waals surface area contributed by atoms with Crippen molar-refractivity contribution in [3.8, 4) is 0 Å². The van der Waals surface area contributed by atoms with Crippen LogP contribution in [0.25, 0.3) is 0 Å². The molecule has 1 saturated heterocycles. The number of fused-ring (bicyclic) bond motifs is 1. The number of esters is 1. The molecule has 0 bridgehead atoms. The number of carbonyl (C=O) groups is 1. The molecule has 2 rings (SSSR count). The van der Waals surface area contributed by atoms with Gasteiger partial charge in [-0.05, 0) is 83.8 Å². The van der Waals surface area contributed by atoms with Gasteiger partial charge in [-0.3, -0.25) is 4.90 Å². The minimum Gasteiger partial charge on any atom is -0.459 e. The van der Waals surface area contributed by atoms with Crippen LogP contribution < -0.4 is 0 Å². The van der Waals surface area contributed by atoms with Crippen molar-refractivity contribution in [2.45, 2.75) is 110 Å². The van der Waals surface area contributed by atoms with Crippen molar-refractivity contribution in [1.29, 1.82) is 0 Å². The molecule has 0 aromatic heterocycles. The van der Waals surface area contributed by atoms with Crippen LogP contribution in [0.2, 0.25) is 58.9 Å². The van der Waals surface area contributed by atoms with E-state index in [1.165, 1.54) is 0 Å². The Bertz CT molecular complexity index is 723. The van der Waals surface area contributed by atoms with Crippen molar-refractivity contribution in [3.63, 3.8) is 0 Å². The Morgan fingerprint density at radius 2 is 1.64 bits per heavy atom. The molecule has 2 aliphatic heterocycles. The minimum absolute atomic E-state index is 0.0772. The highest BCUT2D eigenvalue weighted by molar-refractivity contribution is 6.70. The lowest BCUT2D eigenvalue weighted by Gasteiger charge is -2.45. The highest BCUT2D eigenvalue weighted by Gasteiger charge is 2.53. The molecule has 1 fully saturated rings. The Kier molecular flexibility index (Phi) is 9.08. The molecular formula is C24H49NO5Si3. The van der Waals surface area contributed by atoms with E-state index in [9.17, 15) is 4.79 Å². The largest absolute Gasteiger partial charge is 0.459 e. The van der Waals surface area contributed by atoms with Crippen LogP contribution in [-0.4, -0.2) is 79.4 Å². The summed E-state index contributed by atoms with van der Waals surface area (Å²) in [6, 6.07) is 0.214. The van der Waals surface area contributed by atoms with Gasteiger partial charge in [0.05, 0.1) is 18.2 Å². The van der Waals surface area contributed by atoms with E-state index < -0.39 is 30.6 Å². The van der Waals surface area contributed by atoms with Gasteiger partial charge in [-0.25, -0.2) is 4.79 Å². The molecule has 6 nitrogen and oxygen atoms in total. The first-order valence-electron chi connectivity index (χ1n) is 12.5. The third kappa shape index (κ3) is 7.59. The summed E-state index contributed by atoms with van der Waals surface area (Å²) >= 11 is 0. The standard InChI is InChI=1S/C24H49NO5Si3/c1-18(2)24(30-33(10,11)12,19(3)28-31(4,5)6)23(26)27-17-20-13-15-25-16-14-21(22(20)25)29-32(7,8)9/h13,18-19,21-22H,14-17H2,1-12H3/t19-,21+,22+,24+/m0/s1. The van der Waals surface area contributed by atoms with Crippen molar-refractivity contribution < 1.29 is 22.8 Å². The number of rotatable bonds is 11. The first-order valence-corrected chi connectivity index (χ1v) is 22.7. The SMILES string of the molecule is CC(C)[C@](O[Si](C)(C)C)(C(=O)OCC1=CCN2CC[C@@H](O[Si](C)(C)C)[C@@H]12)[C@H](C)O[Si](C)(C)C. The molecule has 33 heavy (non-hydrogen) atoms. The maximum Gasteiger partial charge on any atom is 0.340 e. The molecule has 0 aliphatic carbocycles. The van der Waals surface area contributed by atoms with Gasteiger partial charge in [-0.2, -0.15) is 0 Å². The molecular weight excluding hydrogens is 467 g/mol. The first kappa shape index (κ1) is 28.9. The third-order valence-electron chi connectivity index (χ3n) is 6.08. The van der Waals surface area contributed by atoms with Crippen LogP contribution in [0.4, 0.5) is 0 Å². The van der Waals surface area contributed by atoms with Gasteiger partial charge in [-0.1, -0.05) is 19.9 Å². The second-order valence-electron chi connectivity index (χ2n) is 12.9. The smallest absolute Gasteiger partial charge is 0.340 e. The summed E-state index contributed by atoms with van der Waals surface area (Å²) in [5.74, 6) is -0.378. The summed E-state index contributed by atoms with van der Waals surface area (Å²) in [4.78, 5) is 16.3. The molecule has 0 N–H and O–H groups in total. The lowest BCUT2D eigenvalue weighted by atomic mass is 9.85. The third-order valence-corrected chi connectivity index (χ3v) is 9.10. The van der Waals surface area contributed by atoms with E-state index in [1.54, 1.807) is 0 Å². The zero-order valence-electron chi connectivity index (χ0n) is 23.2. The van der Waals surface area contributed by atoms with Crippen molar-refractivity contribution in [1.82, 2.24) is 4.90 Å². The first-order chi connectivity index (χ1) is 14.9. The molecule has 2 aliphatic rings. The van der Waals surface area contributed by atoms with Crippen molar-refractivity contribution in [2.75, 3.05) is 19.7 Å². The average molecular weight is 516 g/mol. The molecule has 0 aromatic rings. The predicted octanol–water partition coefficient (Wildman–Crippen LogP) is 5.25. The summed E-state index contributed by atoms with van der Waals surface area (Å²) in [5.41, 5.74) is 0.0431. The van der Waals surface area contributed by atoms with Crippen LogP contribution in [0.1, 0.15) is 27.2 Å². The van der Waals surface area contributed by atoms with Crippen LogP contribution in [0.15, 0.2) is 11.6 Å². The molecule has 4 atom stereocenters. The van der Waals surface area contributed by atoms with Crippen LogP contribution in [0.5, 0.6) is 0 Å². The fourth-order valence-corrected chi connectivity index (χ4v) is 8.97. The molecule has 2 heterocycles. The van der Waals surface area contributed by atoms with Gasteiger partial charge in [0.25, 0.3) is 0 Å². The highest BCUT2D eigenvalue weighted by Crippen LogP contribution is 2.36. The number of carbonyl (C=O) groups excluding carboxylic acids is 1. The molecule has 9 heteroatoms. The number of hydrogen-bond acceptors (Lipinski definition) is 6. The molecule has 0 spiro atoms. The molecule has 0 radical (unpaired) electrons. The van der Waals surface area contributed by atoms with Gasteiger partial charge in [0.1, 0.15) is 6.61 Å². The van der Waals surface area contributed by atoms with E-state index >= 15 is 0 Å². The minimum atomic E-state index is -2.08. The molecule has 0 aromatic carbocycles. The molecule has 0 unspecified atom stereocenters. The van der Waals surface area contributed by atoms with E-state index in [1.807, 2.05) is 20.8 Å². The Hall–Kier alpha value is -0.299. The van der Waals surface area contributed by atoms with E-state index in [0.29, 0.717) is 0 Å². The lowest BCUT2D eigenvalue weighted by molar-refractivity contribution is -0.178. The maximum absolute atomic E-state index is 13.8. The van der Waals surface area contributed by atoms with Crippen LogP contribution in [-0.2, 0) is 22.8 Å². The van der Waals surface area contributed by atoms with Crippen LogP contribution in [0.3, 0.4) is 0 Å². The predicted molar refractivity (Wildman–Crippen MR) is 143 cm³/mol. The molecule has 192 valence electrons.